The molecule has 0 fully saturated rings. The third-order valence-corrected chi connectivity index (χ3v) is 2.33. The fourth-order valence-corrected chi connectivity index (χ4v) is 1.45. The third kappa shape index (κ3) is 2.16. The molecule has 0 N–H and O–H groups in total. The average Bonchev–Trinajstić information content (AvgIpc) is 2.11. The quantitative estimate of drug-likeness (QED) is 0.682. The van der Waals surface area contributed by atoms with Crippen LogP contribution in [0.3, 0.4) is 0 Å². The van der Waals surface area contributed by atoms with Crippen molar-refractivity contribution in [2.45, 2.75) is 26.2 Å². The van der Waals surface area contributed by atoms with Crippen LogP contribution >= 0.6 is 0 Å². The van der Waals surface area contributed by atoms with Crippen molar-refractivity contribution in [3.8, 4) is 0 Å². The van der Waals surface area contributed by atoms with Crippen LogP contribution in [-0.2, 0) is 4.79 Å². The van der Waals surface area contributed by atoms with Crippen LogP contribution in [0.1, 0.15) is 30.4 Å². The molecule has 1 unspecified atom stereocenters. The van der Waals surface area contributed by atoms with Gasteiger partial charge in [-0.1, -0.05) is 6.92 Å². The standard InChI is InChI=1S/C11H12F2O/c1-7(3-4-14)10-5-9(12)6-11(13)8(10)2/h4-7H,3H2,1-2H3. The molecule has 1 nitrogen and oxygen atoms in total. The minimum Gasteiger partial charge on any atom is -0.303 e. The van der Waals surface area contributed by atoms with E-state index in [4.69, 9.17) is 0 Å². The van der Waals surface area contributed by atoms with Crippen molar-refractivity contribution in [3.63, 3.8) is 0 Å². The number of hydrogen-bond acceptors (Lipinski definition) is 1. The molecule has 0 aliphatic carbocycles. The second-order valence-corrected chi connectivity index (χ2v) is 3.41. The molecule has 1 aromatic carbocycles. The summed E-state index contributed by atoms with van der Waals surface area (Å²) in [4.78, 5) is 10.3. The number of carbonyl (C=O) groups is 1. The van der Waals surface area contributed by atoms with Crippen molar-refractivity contribution in [2.75, 3.05) is 0 Å². The SMILES string of the molecule is Cc1c(F)cc(F)cc1C(C)CC=O. The van der Waals surface area contributed by atoms with Gasteiger partial charge >= 0.3 is 0 Å². The van der Waals surface area contributed by atoms with Gasteiger partial charge in [-0.25, -0.2) is 8.78 Å². The Morgan fingerprint density at radius 3 is 2.64 bits per heavy atom. The Hall–Kier alpha value is -1.25. The highest BCUT2D eigenvalue weighted by Gasteiger charge is 2.12. The van der Waals surface area contributed by atoms with E-state index in [1.54, 1.807) is 13.8 Å². The first-order valence-electron chi connectivity index (χ1n) is 4.45. The molecule has 3 heteroatoms. The summed E-state index contributed by atoms with van der Waals surface area (Å²) in [5, 5.41) is 0. The predicted octanol–water partition coefficient (Wildman–Crippen LogP) is 2.97. The van der Waals surface area contributed by atoms with Gasteiger partial charge in [0.2, 0.25) is 0 Å². The molecule has 0 saturated carbocycles. The van der Waals surface area contributed by atoms with E-state index < -0.39 is 11.6 Å². The summed E-state index contributed by atoms with van der Waals surface area (Å²) >= 11 is 0. The molecule has 1 rings (SSSR count). The van der Waals surface area contributed by atoms with E-state index in [1.165, 1.54) is 6.07 Å². The summed E-state index contributed by atoms with van der Waals surface area (Å²) in [6, 6.07) is 2.14. The zero-order valence-electron chi connectivity index (χ0n) is 8.18. The highest BCUT2D eigenvalue weighted by Crippen LogP contribution is 2.24. The second kappa shape index (κ2) is 4.31. The topological polar surface area (TPSA) is 17.1 Å². The number of carbonyl (C=O) groups excluding carboxylic acids is 1. The molecule has 1 atom stereocenters. The predicted molar refractivity (Wildman–Crippen MR) is 50.2 cm³/mol. The molecule has 0 saturated heterocycles. The monoisotopic (exact) mass is 198 g/mol. The van der Waals surface area contributed by atoms with Gasteiger partial charge in [-0.05, 0) is 30.0 Å². The molecule has 0 radical (unpaired) electrons. The molecule has 1 aromatic rings. The lowest BCUT2D eigenvalue weighted by atomic mass is 9.94. The van der Waals surface area contributed by atoms with Crippen molar-refractivity contribution >= 4 is 6.29 Å². The molecule has 14 heavy (non-hydrogen) atoms. The fraction of sp³-hybridized carbons (Fsp3) is 0.364. The summed E-state index contributed by atoms with van der Waals surface area (Å²) < 4.78 is 26.0. The number of benzene rings is 1. The van der Waals surface area contributed by atoms with Gasteiger partial charge in [0.25, 0.3) is 0 Å². The molecular weight excluding hydrogens is 186 g/mol. The molecule has 0 spiro atoms. The van der Waals surface area contributed by atoms with Gasteiger partial charge in [0.15, 0.2) is 0 Å². The summed E-state index contributed by atoms with van der Waals surface area (Å²) in [6.07, 6.45) is 1.04. The van der Waals surface area contributed by atoms with Crippen molar-refractivity contribution in [1.29, 1.82) is 0 Å². The van der Waals surface area contributed by atoms with Gasteiger partial charge in [-0.15, -0.1) is 0 Å². The van der Waals surface area contributed by atoms with Crippen LogP contribution in [0.5, 0.6) is 0 Å². The Bertz CT molecular complexity index is 347. The van der Waals surface area contributed by atoms with Crippen LogP contribution in [0.15, 0.2) is 12.1 Å². The molecule has 0 aliphatic heterocycles. The van der Waals surface area contributed by atoms with Crippen LogP contribution in [0.25, 0.3) is 0 Å². The summed E-state index contributed by atoms with van der Waals surface area (Å²) in [5.74, 6) is -1.30. The van der Waals surface area contributed by atoms with Crippen LogP contribution in [0.4, 0.5) is 8.78 Å². The smallest absolute Gasteiger partial charge is 0.129 e. The van der Waals surface area contributed by atoms with Crippen LogP contribution in [-0.4, -0.2) is 6.29 Å². The van der Waals surface area contributed by atoms with E-state index in [9.17, 15) is 13.6 Å². The Labute approximate surface area is 81.7 Å². The summed E-state index contributed by atoms with van der Waals surface area (Å²) in [5.41, 5.74) is 0.982. The third-order valence-electron chi connectivity index (χ3n) is 2.33. The van der Waals surface area contributed by atoms with E-state index in [-0.39, 0.29) is 12.3 Å². The molecule has 0 aromatic heterocycles. The lowest BCUT2D eigenvalue weighted by Gasteiger charge is -2.12. The van der Waals surface area contributed by atoms with Crippen molar-refractivity contribution in [2.24, 2.45) is 0 Å². The maximum atomic E-state index is 13.1. The van der Waals surface area contributed by atoms with Crippen molar-refractivity contribution < 1.29 is 13.6 Å². The summed E-state index contributed by atoms with van der Waals surface area (Å²) in [7, 11) is 0. The Kier molecular flexibility index (Phi) is 3.33. The molecule has 76 valence electrons. The van der Waals surface area contributed by atoms with Gasteiger partial charge in [-0.3, -0.25) is 0 Å². The van der Waals surface area contributed by atoms with Crippen molar-refractivity contribution in [3.05, 3.63) is 34.9 Å². The molecule has 0 aliphatic rings. The number of aldehydes is 1. The highest BCUT2D eigenvalue weighted by molar-refractivity contribution is 5.52. The first kappa shape index (κ1) is 10.8. The number of halogens is 2. The Morgan fingerprint density at radius 1 is 1.43 bits per heavy atom. The van der Waals surface area contributed by atoms with Crippen LogP contribution in [0.2, 0.25) is 0 Å². The van der Waals surface area contributed by atoms with Gasteiger partial charge < -0.3 is 4.79 Å². The zero-order valence-corrected chi connectivity index (χ0v) is 8.18. The minimum atomic E-state index is -0.596. The van der Waals surface area contributed by atoms with Crippen LogP contribution in [0, 0.1) is 18.6 Å². The maximum Gasteiger partial charge on any atom is 0.129 e. The van der Waals surface area contributed by atoms with Gasteiger partial charge in [0.05, 0.1) is 0 Å². The van der Waals surface area contributed by atoms with Gasteiger partial charge in [0, 0.05) is 12.5 Å². The van der Waals surface area contributed by atoms with E-state index >= 15 is 0 Å². The number of hydrogen-bond donors (Lipinski definition) is 0. The lowest BCUT2D eigenvalue weighted by molar-refractivity contribution is -0.108. The van der Waals surface area contributed by atoms with Gasteiger partial charge in [-0.2, -0.15) is 0 Å². The van der Waals surface area contributed by atoms with Crippen LogP contribution < -0.4 is 0 Å². The Balaban J connectivity index is 3.12. The first-order valence-corrected chi connectivity index (χ1v) is 4.45. The normalized spacial score (nSPS) is 12.6. The lowest BCUT2D eigenvalue weighted by Crippen LogP contribution is -2.01. The second-order valence-electron chi connectivity index (χ2n) is 3.41. The van der Waals surface area contributed by atoms with E-state index in [2.05, 4.69) is 0 Å². The van der Waals surface area contributed by atoms with Gasteiger partial charge in [0.1, 0.15) is 17.9 Å². The number of rotatable bonds is 3. The first-order chi connectivity index (χ1) is 6.56. The van der Waals surface area contributed by atoms with E-state index in [1.807, 2.05) is 0 Å². The molecular formula is C11H12F2O. The molecule has 0 heterocycles. The Morgan fingerprint density at radius 2 is 2.07 bits per heavy atom. The zero-order chi connectivity index (χ0) is 10.7. The maximum absolute atomic E-state index is 13.1. The van der Waals surface area contributed by atoms with E-state index in [0.29, 0.717) is 11.1 Å². The average molecular weight is 198 g/mol. The molecule has 0 amide bonds. The van der Waals surface area contributed by atoms with E-state index in [0.717, 1.165) is 12.4 Å². The summed E-state index contributed by atoms with van der Waals surface area (Å²) in [6.45, 7) is 3.36. The van der Waals surface area contributed by atoms with Crippen molar-refractivity contribution in [1.82, 2.24) is 0 Å². The highest BCUT2D eigenvalue weighted by atomic mass is 19.1. The minimum absolute atomic E-state index is 0.141. The largest absolute Gasteiger partial charge is 0.303 e. The molecule has 0 bridgehead atoms. The fourth-order valence-electron chi connectivity index (χ4n) is 1.45.